The van der Waals surface area contributed by atoms with E-state index in [-0.39, 0.29) is 41.1 Å². The van der Waals surface area contributed by atoms with E-state index in [2.05, 4.69) is 27.6 Å². The smallest absolute Gasteiger partial charge is 0.302 e. The molecule has 8 atom stereocenters. The molecule has 0 unspecified atom stereocenters. The van der Waals surface area contributed by atoms with Gasteiger partial charge >= 0.3 is 5.97 Å². The number of nitrogens with zero attached hydrogens (tertiary/aromatic N) is 1. The Labute approximate surface area is 325 Å². The van der Waals surface area contributed by atoms with E-state index in [1.807, 2.05) is 26.8 Å². The van der Waals surface area contributed by atoms with Crippen molar-refractivity contribution in [1.29, 1.82) is 0 Å². The molecule has 1 heterocycles. The van der Waals surface area contributed by atoms with Gasteiger partial charge in [-0.1, -0.05) is 54.8 Å². The molecule has 296 valence electrons. The Morgan fingerprint density at radius 3 is 2.69 bits per heavy atom. The van der Waals surface area contributed by atoms with Gasteiger partial charge in [-0.25, -0.2) is 13.3 Å². The van der Waals surface area contributed by atoms with Crippen molar-refractivity contribution in [2.24, 2.45) is 29.1 Å². The number of H-pyrrole nitrogens is 1. The number of aromatic nitrogens is 1. The average Bonchev–Trinajstić information content (AvgIpc) is 3.84. The molecule has 0 spiro atoms. The number of aromatic amines is 1. The number of hydrogen-bond acceptors (Lipinski definition) is 8. The van der Waals surface area contributed by atoms with E-state index in [1.54, 1.807) is 43.6 Å². The lowest BCUT2D eigenvalue weighted by Gasteiger charge is -2.43. The van der Waals surface area contributed by atoms with Crippen LogP contribution in [0.1, 0.15) is 70.9 Å². The second-order valence-corrected chi connectivity index (χ2v) is 17.6. The molecule has 3 aromatic rings. The summed E-state index contributed by atoms with van der Waals surface area (Å²) in [6.45, 7) is 18.0. The van der Waals surface area contributed by atoms with Crippen molar-refractivity contribution in [3.63, 3.8) is 0 Å². The number of unbranched alkanes of at least 4 members (excludes halogenated alkanes) is 1. The summed E-state index contributed by atoms with van der Waals surface area (Å²) in [7, 11) is -2.21. The summed E-state index contributed by atoms with van der Waals surface area (Å²) in [5.74, 6) is -0.279. The summed E-state index contributed by atoms with van der Waals surface area (Å²) >= 11 is 0. The quantitative estimate of drug-likeness (QED) is 0.0573. The van der Waals surface area contributed by atoms with Gasteiger partial charge in [-0.2, -0.15) is 0 Å². The normalized spacial score (nSPS) is 28.1. The number of aliphatic hydroxyl groups is 2. The topological polar surface area (TPSA) is 152 Å². The highest BCUT2D eigenvalue weighted by molar-refractivity contribution is 7.92. The third-order valence-corrected chi connectivity index (χ3v) is 13.6. The van der Waals surface area contributed by atoms with Crippen LogP contribution in [0.2, 0.25) is 0 Å². The summed E-state index contributed by atoms with van der Waals surface area (Å²) in [4.78, 5) is 18.5. The van der Waals surface area contributed by atoms with Crippen LogP contribution in [0.5, 0.6) is 0 Å². The Morgan fingerprint density at radius 1 is 1.18 bits per heavy atom. The standard InChI is InChI=1S/C43H55N3O8S/c1-25-14-17-35(40-38(25)36(44-6)22-45-40)46-55(50,51)31-13-10-12-29(19-31)11-8-9-18-53-42-39-33(26(2)23-54-28(4)47)20-37(48)43(39,5)21-34-30(24-52-7)15-16-32(34)27(3)41(42)49/h10,12-14,17,19,21-22,26-27,30,32,37,41-42,45-46,48-49H,8-9,11,15-16,18,20,23-24H2,1-5,7H3/b34-21-/t26-,27-,30-,32+,37+,41-,42-,43+/m1/s1. The van der Waals surface area contributed by atoms with Crippen LogP contribution in [0.25, 0.3) is 15.7 Å². The van der Waals surface area contributed by atoms with E-state index in [1.165, 1.54) is 12.5 Å². The van der Waals surface area contributed by atoms with E-state index in [9.17, 15) is 23.4 Å². The van der Waals surface area contributed by atoms with Crippen LogP contribution in [0.15, 0.2) is 70.3 Å². The van der Waals surface area contributed by atoms with Crippen LogP contribution >= 0.6 is 0 Å². The monoisotopic (exact) mass is 773 g/mol. The van der Waals surface area contributed by atoms with E-state index < -0.39 is 33.8 Å². The molecule has 2 aromatic carbocycles. The maximum atomic E-state index is 13.5. The number of carbonyl (C=O) groups is 1. The Balaban J connectivity index is 1.18. The second kappa shape index (κ2) is 16.6. The first-order valence-electron chi connectivity index (χ1n) is 19.4. The number of fused-ring (bicyclic) bond motifs is 3. The van der Waals surface area contributed by atoms with Crippen LogP contribution < -0.4 is 4.72 Å². The van der Waals surface area contributed by atoms with E-state index in [4.69, 9.17) is 20.8 Å². The molecular weight excluding hydrogens is 719 g/mol. The lowest BCUT2D eigenvalue weighted by atomic mass is 9.68. The number of aliphatic hydroxyl groups excluding tert-OH is 2. The molecule has 1 saturated carbocycles. The lowest BCUT2D eigenvalue weighted by molar-refractivity contribution is -0.141. The molecule has 3 aliphatic rings. The van der Waals surface area contributed by atoms with Crippen molar-refractivity contribution in [3.8, 4) is 0 Å². The zero-order valence-electron chi connectivity index (χ0n) is 32.7. The summed E-state index contributed by atoms with van der Waals surface area (Å²) < 4.78 is 47.5. The molecule has 4 N–H and O–H groups in total. The van der Waals surface area contributed by atoms with Crippen LogP contribution in [0, 0.1) is 42.6 Å². The lowest BCUT2D eigenvalue weighted by Crippen LogP contribution is -2.46. The van der Waals surface area contributed by atoms with Gasteiger partial charge in [0.2, 0.25) is 5.69 Å². The fourth-order valence-electron chi connectivity index (χ4n) is 9.22. The largest absolute Gasteiger partial charge is 0.465 e. The van der Waals surface area contributed by atoms with Gasteiger partial charge < -0.3 is 29.4 Å². The molecule has 11 nitrogen and oxygen atoms in total. The zero-order chi connectivity index (χ0) is 39.7. The Bertz CT molecular complexity index is 2120. The van der Waals surface area contributed by atoms with Gasteiger partial charge in [0.15, 0.2) is 0 Å². The number of benzene rings is 2. The maximum Gasteiger partial charge on any atom is 0.302 e. The number of esters is 1. The number of methoxy groups -OCH3 is 1. The first-order chi connectivity index (χ1) is 26.2. The molecule has 0 aliphatic heterocycles. The van der Waals surface area contributed by atoms with Crippen molar-refractivity contribution >= 4 is 38.3 Å². The summed E-state index contributed by atoms with van der Waals surface area (Å²) in [6.07, 6.45) is 5.91. The fourth-order valence-corrected chi connectivity index (χ4v) is 10.4. The number of carbonyl (C=O) groups excluding carboxylic acids is 1. The van der Waals surface area contributed by atoms with Gasteiger partial charge in [0, 0.05) is 49.5 Å². The number of aryl methyl sites for hydroxylation is 2. The number of sulfonamides is 1. The molecule has 55 heavy (non-hydrogen) atoms. The highest BCUT2D eigenvalue weighted by atomic mass is 32.2. The average molecular weight is 774 g/mol. The summed E-state index contributed by atoms with van der Waals surface area (Å²) in [5, 5.41) is 24.6. The second-order valence-electron chi connectivity index (χ2n) is 15.9. The number of anilines is 1. The summed E-state index contributed by atoms with van der Waals surface area (Å²) in [5.41, 5.74) is 5.44. The molecule has 0 amide bonds. The van der Waals surface area contributed by atoms with Gasteiger partial charge in [0.05, 0.1) is 48.1 Å². The fraction of sp³-hybridized carbons (Fsp3) is 0.535. The predicted molar refractivity (Wildman–Crippen MR) is 212 cm³/mol. The van der Waals surface area contributed by atoms with E-state index in [0.29, 0.717) is 54.8 Å². The highest BCUT2D eigenvalue weighted by Gasteiger charge is 2.53. The molecule has 0 bridgehead atoms. The molecule has 0 radical (unpaired) electrons. The molecule has 6 rings (SSSR count). The zero-order valence-corrected chi connectivity index (χ0v) is 33.5. The minimum atomic E-state index is -3.92. The third kappa shape index (κ3) is 8.14. The maximum absolute atomic E-state index is 13.5. The Morgan fingerprint density at radius 2 is 1.96 bits per heavy atom. The van der Waals surface area contributed by atoms with Crippen LogP contribution in [0.4, 0.5) is 11.4 Å². The van der Waals surface area contributed by atoms with Crippen molar-refractivity contribution < 1.29 is 37.6 Å². The van der Waals surface area contributed by atoms with E-state index in [0.717, 1.165) is 41.5 Å². The number of hydrogen-bond donors (Lipinski definition) is 4. The van der Waals surface area contributed by atoms with E-state index >= 15 is 0 Å². The van der Waals surface area contributed by atoms with Gasteiger partial charge in [-0.05, 0) is 93.5 Å². The predicted octanol–water partition coefficient (Wildman–Crippen LogP) is 7.41. The van der Waals surface area contributed by atoms with Crippen LogP contribution in [-0.2, 0) is 35.4 Å². The third-order valence-electron chi connectivity index (χ3n) is 12.2. The summed E-state index contributed by atoms with van der Waals surface area (Å²) in [6, 6.07) is 10.4. The van der Waals surface area contributed by atoms with Crippen LogP contribution in [0.3, 0.4) is 0 Å². The minimum absolute atomic E-state index is 0.0982. The highest BCUT2D eigenvalue weighted by Crippen LogP contribution is 2.55. The Hall–Kier alpha value is -3.99. The van der Waals surface area contributed by atoms with Crippen LogP contribution in [-0.4, -0.2) is 74.8 Å². The molecule has 0 saturated heterocycles. The Kier molecular flexibility index (Phi) is 12.3. The molecule has 3 aliphatic carbocycles. The molecule has 12 heteroatoms. The van der Waals surface area contributed by atoms with Gasteiger partial charge in [0.1, 0.15) is 6.10 Å². The number of rotatable bonds is 14. The molecular formula is C43H55N3O8S. The van der Waals surface area contributed by atoms with Crippen molar-refractivity contribution in [3.05, 3.63) is 87.9 Å². The van der Waals surface area contributed by atoms with Crippen molar-refractivity contribution in [2.75, 3.05) is 31.7 Å². The molecule has 1 aromatic heterocycles. The van der Waals surface area contributed by atoms with Gasteiger partial charge in [-0.3, -0.25) is 9.52 Å². The van der Waals surface area contributed by atoms with Crippen molar-refractivity contribution in [1.82, 2.24) is 4.98 Å². The number of ether oxygens (including phenoxy) is 3. The molecule has 1 fully saturated rings. The first kappa shape index (κ1) is 40.7. The number of nitrogens with one attached hydrogen (secondary N) is 2. The van der Waals surface area contributed by atoms with Gasteiger partial charge in [0.25, 0.3) is 10.0 Å². The minimum Gasteiger partial charge on any atom is -0.465 e. The van der Waals surface area contributed by atoms with Gasteiger partial charge in [-0.15, -0.1) is 0 Å². The van der Waals surface area contributed by atoms with Crippen molar-refractivity contribution in [2.45, 2.75) is 96.4 Å². The SMILES string of the molecule is [C-]#[N+]c1c[nH]c2c(NS(=O)(=O)c3cccc(CCCCO[C@@H]4C5=C([C@H](C)COC(C)=O)C[C@H](O)[C@]5(C)/C=C5/[C@@H](COC)CC[C@H]5[C@@H](C)[C@H]4O)c3)ccc(C)c12. The first-order valence-corrected chi connectivity index (χ1v) is 20.8.